The van der Waals surface area contributed by atoms with Gasteiger partial charge in [0, 0.05) is 17.1 Å². The third-order valence-electron chi connectivity index (χ3n) is 6.03. The molecule has 1 fully saturated rings. The first-order valence-electron chi connectivity index (χ1n) is 9.61. The third-order valence-corrected chi connectivity index (χ3v) is 6.03. The number of piperidine rings is 1. The summed E-state index contributed by atoms with van der Waals surface area (Å²) >= 11 is 0. The lowest BCUT2D eigenvalue weighted by Crippen LogP contribution is -2.53. The fraction of sp³-hybridized carbons (Fsp3) is 0.409. The number of carbonyl (C=O) groups is 1. The molecule has 1 saturated heterocycles. The van der Waals surface area contributed by atoms with Crippen molar-refractivity contribution in [3.8, 4) is 0 Å². The summed E-state index contributed by atoms with van der Waals surface area (Å²) in [6.45, 7) is 3.49. The molecular weight excluding hydrogens is 343 g/mol. The van der Waals surface area contributed by atoms with E-state index in [-0.39, 0.29) is 22.9 Å². The number of carbonyl (C=O) groups excluding carboxylic acids is 1. The van der Waals surface area contributed by atoms with E-state index in [2.05, 4.69) is 11.4 Å². The lowest BCUT2D eigenvalue weighted by Gasteiger charge is -2.42. The molecule has 0 bridgehead atoms. The van der Waals surface area contributed by atoms with E-state index < -0.39 is 11.9 Å². The SMILES string of the molecule is C[C@@H](O)CC1N(C(=O)c2ccccc2F)c2ccccc2C12CCNCC2. The summed E-state index contributed by atoms with van der Waals surface area (Å²) in [5.41, 5.74) is 1.86. The summed E-state index contributed by atoms with van der Waals surface area (Å²) in [5.74, 6) is -0.844. The largest absolute Gasteiger partial charge is 0.393 e. The first kappa shape index (κ1) is 18.1. The number of hydrogen-bond donors (Lipinski definition) is 2. The summed E-state index contributed by atoms with van der Waals surface area (Å²) < 4.78 is 14.4. The quantitative estimate of drug-likeness (QED) is 0.874. The van der Waals surface area contributed by atoms with Gasteiger partial charge in [-0.1, -0.05) is 30.3 Å². The maximum Gasteiger partial charge on any atom is 0.261 e. The maximum atomic E-state index is 14.4. The lowest BCUT2D eigenvalue weighted by atomic mass is 9.68. The van der Waals surface area contributed by atoms with Crippen molar-refractivity contribution in [2.45, 2.75) is 43.7 Å². The third kappa shape index (κ3) is 2.95. The Kier molecular flexibility index (Phi) is 4.74. The second kappa shape index (κ2) is 7.06. The molecule has 0 aliphatic carbocycles. The molecule has 27 heavy (non-hydrogen) atoms. The van der Waals surface area contributed by atoms with Crippen molar-refractivity contribution in [2.24, 2.45) is 0 Å². The molecule has 4 rings (SSSR count). The van der Waals surface area contributed by atoms with Crippen LogP contribution in [0.4, 0.5) is 10.1 Å². The number of aliphatic hydroxyl groups is 1. The Morgan fingerprint density at radius 1 is 1.22 bits per heavy atom. The van der Waals surface area contributed by atoms with E-state index in [1.54, 1.807) is 24.0 Å². The van der Waals surface area contributed by atoms with Gasteiger partial charge in [0.2, 0.25) is 0 Å². The number of nitrogens with one attached hydrogen (secondary N) is 1. The molecule has 142 valence electrons. The minimum absolute atomic E-state index is 0.0777. The monoisotopic (exact) mass is 368 g/mol. The molecule has 2 atom stereocenters. The minimum atomic E-state index is -0.549. The van der Waals surface area contributed by atoms with Crippen molar-refractivity contribution in [1.29, 1.82) is 0 Å². The van der Waals surface area contributed by atoms with Crippen LogP contribution >= 0.6 is 0 Å². The summed E-state index contributed by atoms with van der Waals surface area (Å²) in [5, 5.41) is 13.6. The van der Waals surface area contributed by atoms with E-state index in [0.29, 0.717) is 6.42 Å². The molecule has 2 aliphatic rings. The summed E-state index contributed by atoms with van der Waals surface area (Å²) in [6.07, 6.45) is 1.70. The number of rotatable bonds is 3. The Morgan fingerprint density at radius 3 is 2.59 bits per heavy atom. The molecule has 0 aromatic heterocycles. The first-order chi connectivity index (χ1) is 13.0. The summed E-state index contributed by atoms with van der Waals surface area (Å²) in [4.78, 5) is 15.2. The van der Waals surface area contributed by atoms with Crippen LogP contribution in [0.25, 0.3) is 0 Å². The van der Waals surface area contributed by atoms with Crippen molar-refractivity contribution < 1.29 is 14.3 Å². The molecule has 1 spiro atoms. The molecule has 0 saturated carbocycles. The highest BCUT2D eigenvalue weighted by atomic mass is 19.1. The molecule has 4 nitrogen and oxygen atoms in total. The lowest BCUT2D eigenvalue weighted by molar-refractivity contribution is 0.0931. The summed E-state index contributed by atoms with van der Waals surface area (Å²) in [7, 11) is 0. The Hall–Kier alpha value is -2.24. The highest BCUT2D eigenvalue weighted by molar-refractivity contribution is 6.08. The molecule has 2 aliphatic heterocycles. The highest BCUT2D eigenvalue weighted by Gasteiger charge is 2.53. The van der Waals surface area contributed by atoms with Gasteiger partial charge in [-0.25, -0.2) is 4.39 Å². The standard InChI is InChI=1S/C22H25FN2O2/c1-15(26)14-20-22(10-12-24-13-11-22)17-7-3-5-9-19(17)25(20)21(27)16-6-2-4-8-18(16)23/h2-9,15,20,24,26H,10-14H2,1H3/t15-,20?/m1/s1. The van der Waals surface area contributed by atoms with Gasteiger partial charge < -0.3 is 15.3 Å². The van der Waals surface area contributed by atoms with E-state index in [1.165, 1.54) is 12.1 Å². The number of nitrogens with zero attached hydrogens (tertiary/aromatic N) is 1. The van der Waals surface area contributed by atoms with Crippen LogP contribution in [-0.4, -0.2) is 36.2 Å². The normalized spacial score (nSPS) is 21.9. The van der Waals surface area contributed by atoms with Gasteiger partial charge in [-0.2, -0.15) is 0 Å². The number of benzene rings is 2. The van der Waals surface area contributed by atoms with Gasteiger partial charge in [-0.3, -0.25) is 4.79 Å². The smallest absolute Gasteiger partial charge is 0.261 e. The Bertz CT molecular complexity index is 846. The van der Waals surface area contributed by atoms with E-state index in [9.17, 15) is 14.3 Å². The zero-order valence-electron chi connectivity index (χ0n) is 15.5. The van der Waals surface area contributed by atoms with E-state index in [1.807, 2.05) is 18.2 Å². The van der Waals surface area contributed by atoms with Crippen molar-refractivity contribution >= 4 is 11.6 Å². The Labute approximate surface area is 159 Å². The van der Waals surface area contributed by atoms with Crippen LogP contribution in [-0.2, 0) is 5.41 Å². The van der Waals surface area contributed by atoms with Gasteiger partial charge in [0.25, 0.3) is 5.91 Å². The number of amides is 1. The van der Waals surface area contributed by atoms with E-state index >= 15 is 0 Å². The van der Waals surface area contributed by atoms with E-state index in [4.69, 9.17) is 0 Å². The predicted molar refractivity (Wildman–Crippen MR) is 104 cm³/mol. The van der Waals surface area contributed by atoms with Gasteiger partial charge in [0.05, 0.1) is 11.7 Å². The maximum absolute atomic E-state index is 14.4. The predicted octanol–water partition coefficient (Wildman–Crippen LogP) is 3.25. The average molecular weight is 368 g/mol. The van der Waals surface area contributed by atoms with E-state index in [0.717, 1.165) is 37.2 Å². The Morgan fingerprint density at radius 2 is 1.89 bits per heavy atom. The van der Waals surface area contributed by atoms with Crippen LogP contribution in [0.3, 0.4) is 0 Å². The second-order valence-electron chi connectivity index (χ2n) is 7.68. The van der Waals surface area contributed by atoms with Crippen molar-refractivity contribution in [3.05, 3.63) is 65.5 Å². The van der Waals surface area contributed by atoms with Crippen LogP contribution in [0.1, 0.15) is 42.1 Å². The molecule has 1 amide bonds. The fourth-order valence-corrected chi connectivity index (χ4v) is 4.84. The molecule has 2 aromatic rings. The number of aliphatic hydroxyl groups excluding tert-OH is 1. The van der Waals surface area contributed by atoms with Crippen LogP contribution in [0.5, 0.6) is 0 Å². The Balaban J connectivity index is 1.86. The highest BCUT2D eigenvalue weighted by Crippen LogP contribution is 2.52. The molecule has 2 heterocycles. The molecule has 5 heteroatoms. The average Bonchev–Trinajstić information content (AvgIpc) is 2.92. The van der Waals surface area contributed by atoms with Crippen molar-refractivity contribution in [1.82, 2.24) is 5.32 Å². The second-order valence-corrected chi connectivity index (χ2v) is 7.68. The number of hydrogen-bond acceptors (Lipinski definition) is 3. The number of halogens is 1. The van der Waals surface area contributed by atoms with Crippen LogP contribution < -0.4 is 10.2 Å². The van der Waals surface area contributed by atoms with Gasteiger partial charge in [-0.05, 0) is 63.0 Å². The molecule has 2 N–H and O–H groups in total. The number of anilines is 1. The van der Waals surface area contributed by atoms with Crippen molar-refractivity contribution in [3.63, 3.8) is 0 Å². The van der Waals surface area contributed by atoms with Gasteiger partial charge in [0.1, 0.15) is 5.82 Å². The summed E-state index contributed by atoms with van der Waals surface area (Å²) in [6, 6.07) is 13.9. The molecule has 0 radical (unpaired) electrons. The molecular formula is C22H25FN2O2. The van der Waals surface area contributed by atoms with Crippen LogP contribution in [0, 0.1) is 5.82 Å². The van der Waals surface area contributed by atoms with Crippen LogP contribution in [0.2, 0.25) is 0 Å². The van der Waals surface area contributed by atoms with Gasteiger partial charge in [0.15, 0.2) is 0 Å². The molecule has 1 unspecified atom stereocenters. The van der Waals surface area contributed by atoms with Crippen LogP contribution in [0.15, 0.2) is 48.5 Å². The molecule has 2 aromatic carbocycles. The fourth-order valence-electron chi connectivity index (χ4n) is 4.84. The first-order valence-corrected chi connectivity index (χ1v) is 9.61. The zero-order chi connectivity index (χ0) is 19.0. The minimum Gasteiger partial charge on any atom is -0.393 e. The zero-order valence-corrected chi connectivity index (χ0v) is 15.5. The number of fused-ring (bicyclic) bond motifs is 2. The van der Waals surface area contributed by atoms with Gasteiger partial charge >= 0.3 is 0 Å². The number of para-hydroxylation sites is 1. The van der Waals surface area contributed by atoms with Crippen molar-refractivity contribution in [2.75, 3.05) is 18.0 Å². The topological polar surface area (TPSA) is 52.6 Å². The van der Waals surface area contributed by atoms with Gasteiger partial charge in [-0.15, -0.1) is 0 Å².